The Bertz CT molecular complexity index is 3680. The van der Waals surface area contributed by atoms with Crippen molar-refractivity contribution >= 4 is 92.9 Å². The van der Waals surface area contributed by atoms with Gasteiger partial charge >= 0.3 is 0 Å². The Hall–Kier alpha value is -7.26. The number of benzene rings is 9. The number of para-hydroxylation sites is 1. The molecule has 0 radical (unpaired) electrons. The van der Waals surface area contributed by atoms with Gasteiger partial charge in [0.05, 0.1) is 11.0 Å². The lowest BCUT2D eigenvalue weighted by Crippen LogP contribution is -2.02. The van der Waals surface area contributed by atoms with E-state index in [-0.39, 0.29) is 0 Å². The molecular formula is C60H41NS. The maximum Gasteiger partial charge on any atom is 0.0538 e. The topological polar surface area (TPSA) is 4.93 Å². The first-order chi connectivity index (χ1) is 30.7. The van der Waals surface area contributed by atoms with Crippen LogP contribution in [0.5, 0.6) is 0 Å². The van der Waals surface area contributed by atoms with E-state index in [1.807, 2.05) is 11.3 Å². The van der Waals surface area contributed by atoms with Crippen molar-refractivity contribution in [2.45, 2.75) is 25.7 Å². The summed E-state index contributed by atoms with van der Waals surface area (Å²) in [7, 11) is 0. The van der Waals surface area contributed by atoms with Crippen molar-refractivity contribution in [2.75, 3.05) is 0 Å². The van der Waals surface area contributed by atoms with E-state index in [4.69, 9.17) is 0 Å². The Kier molecular flexibility index (Phi) is 8.11. The molecule has 0 N–H and O–H groups in total. The van der Waals surface area contributed by atoms with E-state index < -0.39 is 0 Å². The predicted molar refractivity (Wildman–Crippen MR) is 269 cm³/mol. The highest BCUT2D eigenvalue weighted by atomic mass is 32.1. The largest absolute Gasteiger partial charge is 0.313 e. The summed E-state index contributed by atoms with van der Waals surface area (Å²) in [5, 5.41) is 11.7. The molecule has 0 saturated heterocycles. The SMILES string of the molecule is C1=Cc2c(sc3c(-c4ccc5c(c4)c4ccccc4n5C4=CC=C(c5c6ccccc6c(-c6ccc(-c7ccc8ccccc8c7)cc6)c6ccccc56)CC4)cccc23)CC1. The smallest absolute Gasteiger partial charge is 0.0538 e. The average Bonchev–Trinajstić information content (AvgIpc) is 3.89. The van der Waals surface area contributed by atoms with Crippen molar-refractivity contribution in [3.8, 4) is 33.4 Å². The maximum atomic E-state index is 2.53. The first-order valence-corrected chi connectivity index (χ1v) is 22.7. The zero-order valence-corrected chi connectivity index (χ0v) is 35.1. The van der Waals surface area contributed by atoms with Crippen LogP contribution in [0.1, 0.15) is 35.3 Å². The lowest BCUT2D eigenvalue weighted by atomic mass is 9.83. The Morgan fingerprint density at radius 3 is 1.84 bits per heavy atom. The molecular weight excluding hydrogens is 767 g/mol. The second-order valence-corrected chi connectivity index (χ2v) is 18.1. The van der Waals surface area contributed by atoms with E-state index in [1.54, 1.807) is 0 Å². The summed E-state index contributed by atoms with van der Waals surface area (Å²) < 4.78 is 3.93. The normalized spacial score (nSPS) is 14.0. The molecule has 2 aliphatic rings. The van der Waals surface area contributed by atoms with E-state index >= 15 is 0 Å². The van der Waals surface area contributed by atoms with E-state index in [0.29, 0.717) is 0 Å². The molecule has 13 rings (SSSR count). The third kappa shape index (κ3) is 5.53. The number of thiophene rings is 1. The van der Waals surface area contributed by atoms with Crippen molar-refractivity contribution in [1.29, 1.82) is 0 Å². The Morgan fingerprint density at radius 2 is 1.06 bits per heavy atom. The van der Waals surface area contributed by atoms with Gasteiger partial charge < -0.3 is 4.57 Å². The van der Waals surface area contributed by atoms with Crippen molar-refractivity contribution < 1.29 is 0 Å². The van der Waals surface area contributed by atoms with Gasteiger partial charge in [0.1, 0.15) is 0 Å². The highest BCUT2D eigenvalue weighted by Crippen LogP contribution is 2.46. The molecule has 0 amide bonds. The molecule has 0 aliphatic heterocycles. The van der Waals surface area contributed by atoms with E-state index in [1.165, 1.54) is 125 Å². The van der Waals surface area contributed by atoms with Gasteiger partial charge in [0.25, 0.3) is 0 Å². The highest BCUT2D eigenvalue weighted by Gasteiger charge is 2.22. The number of nitrogens with zero attached hydrogens (tertiary/aromatic N) is 1. The van der Waals surface area contributed by atoms with Gasteiger partial charge in [-0.15, -0.1) is 11.3 Å². The summed E-state index contributed by atoms with van der Waals surface area (Å²) in [6.45, 7) is 0. The molecule has 2 aliphatic carbocycles. The van der Waals surface area contributed by atoms with E-state index in [0.717, 1.165) is 25.7 Å². The predicted octanol–water partition coefficient (Wildman–Crippen LogP) is 17.1. The molecule has 2 heterocycles. The molecule has 2 aromatic heterocycles. The minimum atomic E-state index is 0.954. The number of fused-ring (bicyclic) bond motifs is 9. The van der Waals surface area contributed by atoms with Gasteiger partial charge in [0.15, 0.2) is 0 Å². The van der Waals surface area contributed by atoms with Gasteiger partial charge in [-0.05, 0) is 138 Å². The van der Waals surface area contributed by atoms with Crippen LogP contribution < -0.4 is 0 Å². The van der Waals surface area contributed by atoms with Gasteiger partial charge in [-0.2, -0.15) is 0 Å². The fourth-order valence-electron chi connectivity index (χ4n) is 10.7. The van der Waals surface area contributed by atoms with Crippen LogP contribution in [0.25, 0.3) is 115 Å². The fraction of sp³-hybridized carbons (Fsp3) is 0.0667. The number of allylic oxidation sites excluding steroid dienone is 5. The van der Waals surface area contributed by atoms with Crippen molar-refractivity contribution in [3.05, 3.63) is 210 Å². The Morgan fingerprint density at radius 1 is 0.419 bits per heavy atom. The van der Waals surface area contributed by atoms with Gasteiger partial charge in [-0.25, -0.2) is 0 Å². The highest BCUT2D eigenvalue weighted by molar-refractivity contribution is 7.20. The maximum absolute atomic E-state index is 2.53. The molecule has 0 atom stereocenters. The van der Waals surface area contributed by atoms with Crippen LogP contribution in [0.4, 0.5) is 0 Å². The number of rotatable bonds is 5. The van der Waals surface area contributed by atoms with E-state index in [2.05, 4.69) is 205 Å². The van der Waals surface area contributed by atoms with Crippen molar-refractivity contribution in [1.82, 2.24) is 4.57 Å². The van der Waals surface area contributed by atoms with Gasteiger partial charge in [0.2, 0.25) is 0 Å². The van der Waals surface area contributed by atoms with Gasteiger partial charge in [-0.1, -0.05) is 170 Å². The number of aromatic nitrogens is 1. The third-order valence-corrected chi connectivity index (χ3v) is 14.9. The number of hydrogen-bond donors (Lipinski definition) is 0. The molecule has 0 bridgehead atoms. The number of aryl methyl sites for hydroxylation is 1. The fourth-order valence-corrected chi connectivity index (χ4v) is 12.0. The molecule has 11 aromatic rings. The average molecular weight is 808 g/mol. The van der Waals surface area contributed by atoms with Crippen molar-refractivity contribution in [3.63, 3.8) is 0 Å². The van der Waals surface area contributed by atoms with Crippen LogP contribution >= 0.6 is 11.3 Å². The summed E-state index contributed by atoms with van der Waals surface area (Å²) in [5.74, 6) is 0. The van der Waals surface area contributed by atoms with Crippen LogP contribution in [-0.2, 0) is 6.42 Å². The molecule has 0 unspecified atom stereocenters. The third-order valence-electron chi connectivity index (χ3n) is 13.6. The lowest BCUT2D eigenvalue weighted by molar-refractivity contribution is 0.994. The summed E-state index contributed by atoms with van der Waals surface area (Å²) in [5.41, 5.74) is 15.7. The first-order valence-electron chi connectivity index (χ1n) is 21.9. The molecule has 2 heteroatoms. The first kappa shape index (κ1) is 35.5. The van der Waals surface area contributed by atoms with Crippen LogP contribution in [0.3, 0.4) is 0 Å². The second kappa shape index (κ2) is 14.2. The zero-order valence-electron chi connectivity index (χ0n) is 34.2. The standard InChI is InChI=1S/C60H41NS/c1-2-13-42-36-43(29-26-38(42)12-1)39-24-27-40(28-25-39)58-49-16-3-5-18-51(49)59(52-19-6-4-17-50(52)58)41-30-33-45(34-31-41)61-55-22-9-7-14-47(55)54-37-44(32-35-56(54)61)46-20-11-21-53-48-15-8-10-23-57(48)62-60(46)53/h1-9,11-22,24-30,32-33,35-37H,10,23,31,34H2. The van der Waals surface area contributed by atoms with Crippen LogP contribution in [0.15, 0.2) is 194 Å². The van der Waals surface area contributed by atoms with Crippen LogP contribution in [-0.4, -0.2) is 4.57 Å². The summed E-state index contributed by atoms with van der Waals surface area (Å²) in [6, 6.07) is 65.6. The van der Waals surface area contributed by atoms with E-state index in [9.17, 15) is 0 Å². The van der Waals surface area contributed by atoms with Crippen molar-refractivity contribution in [2.24, 2.45) is 0 Å². The van der Waals surface area contributed by atoms with Gasteiger partial charge in [0, 0.05) is 31.4 Å². The molecule has 0 spiro atoms. The molecule has 62 heavy (non-hydrogen) atoms. The number of hydrogen-bond acceptors (Lipinski definition) is 1. The summed E-state index contributed by atoms with van der Waals surface area (Å²) in [6.07, 6.45) is 13.7. The molecule has 0 saturated carbocycles. The monoisotopic (exact) mass is 807 g/mol. The molecule has 1 nitrogen and oxygen atoms in total. The Labute approximate surface area is 364 Å². The zero-order chi connectivity index (χ0) is 40.7. The summed E-state index contributed by atoms with van der Waals surface area (Å²) in [4.78, 5) is 1.52. The van der Waals surface area contributed by atoms with Crippen LogP contribution in [0.2, 0.25) is 0 Å². The molecule has 9 aromatic carbocycles. The second-order valence-electron chi connectivity index (χ2n) is 17.0. The Balaban J connectivity index is 0.909. The van der Waals surface area contributed by atoms with Gasteiger partial charge in [-0.3, -0.25) is 0 Å². The lowest BCUT2D eigenvalue weighted by Gasteiger charge is -2.22. The minimum absolute atomic E-state index is 0.954. The van der Waals surface area contributed by atoms with Crippen LogP contribution in [0, 0.1) is 0 Å². The molecule has 0 fully saturated rings. The quantitative estimate of drug-likeness (QED) is 0.153. The molecule has 292 valence electrons. The summed E-state index contributed by atoms with van der Waals surface area (Å²) >= 11 is 1.98. The minimum Gasteiger partial charge on any atom is -0.313 e.